The Kier molecular flexibility index (Phi) is 8.14. The van der Waals surface area contributed by atoms with Crippen LogP contribution < -0.4 is 14.8 Å². The first kappa shape index (κ1) is 20.8. The lowest BCUT2D eigenvalue weighted by Crippen LogP contribution is -2.22. The van der Waals surface area contributed by atoms with Crippen LogP contribution in [0.25, 0.3) is 0 Å². The summed E-state index contributed by atoms with van der Waals surface area (Å²) in [6.07, 6.45) is 0. The maximum atomic E-state index is 12.5. The Hall–Kier alpha value is -2.53. The molecule has 0 heterocycles. The summed E-state index contributed by atoms with van der Waals surface area (Å²) in [7, 11) is 0. The van der Waals surface area contributed by atoms with Gasteiger partial charge in [0.15, 0.2) is 11.5 Å². The lowest BCUT2D eigenvalue weighted by molar-refractivity contribution is 0.102. The average Bonchev–Trinajstić information content (AvgIpc) is 2.69. The molecule has 2 aromatic carbocycles. The Labute approximate surface area is 162 Å². The fraction of sp³-hybridized carbons (Fsp3) is 0.409. The van der Waals surface area contributed by atoms with Gasteiger partial charge in [0.25, 0.3) is 5.91 Å². The zero-order valence-corrected chi connectivity index (χ0v) is 16.7. The number of carbonyl (C=O) groups is 1. The van der Waals surface area contributed by atoms with Gasteiger partial charge >= 0.3 is 0 Å². The summed E-state index contributed by atoms with van der Waals surface area (Å²) >= 11 is 0. The molecule has 5 heteroatoms. The molecule has 2 aromatic rings. The van der Waals surface area contributed by atoms with Crippen LogP contribution in [0.4, 0.5) is 5.69 Å². The fourth-order valence-corrected chi connectivity index (χ4v) is 2.80. The van der Waals surface area contributed by atoms with E-state index >= 15 is 0 Å². The molecule has 1 amide bonds. The number of ether oxygens (including phenoxy) is 2. The van der Waals surface area contributed by atoms with Crippen molar-refractivity contribution in [2.45, 2.75) is 34.2 Å². The summed E-state index contributed by atoms with van der Waals surface area (Å²) in [6, 6.07) is 13.2. The fourth-order valence-electron chi connectivity index (χ4n) is 2.80. The summed E-state index contributed by atoms with van der Waals surface area (Å²) in [4.78, 5) is 14.9. The molecule has 0 saturated carbocycles. The third kappa shape index (κ3) is 6.00. The SMILES string of the molecule is CCOc1ccc(NC(=O)c2ccc(CN(CC)CC)cc2)cc1OCC. The Morgan fingerprint density at radius 3 is 2.11 bits per heavy atom. The molecule has 0 saturated heterocycles. The van der Waals surface area contributed by atoms with Gasteiger partial charge in [-0.1, -0.05) is 26.0 Å². The normalized spacial score (nSPS) is 10.7. The molecule has 0 atom stereocenters. The summed E-state index contributed by atoms with van der Waals surface area (Å²) in [5.74, 6) is 1.17. The van der Waals surface area contributed by atoms with Gasteiger partial charge in [-0.25, -0.2) is 0 Å². The second-order valence-electron chi connectivity index (χ2n) is 6.14. The lowest BCUT2D eigenvalue weighted by Gasteiger charge is -2.18. The first-order chi connectivity index (χ1) is 13.1. The quantitative estimate of drug-likeness (QED) is 0.665. The number of hydrogen-bond acceptors (Lipinski definition) is 4. The van der Waals surface area contributed by atoms with Crippen molar-refractivity contribution in [2.75, 3.05) is 31.6 Å². The first-order valence-corrected chi connectivity index (χ1v) is 9.63. The predicted octanol–water partition coefficient (Wildman–Crippen LogP) is 4.58. The summed E-state index contributed by atoms with van der Waals surface area (Å²) in [5.41, 5.74) is 2.51. The monoisotopic (exact) mass is 370 g/mol. The molecule has 0 aromatic heterocycles. The van der Waals surface area contributed by atoms with E-state index in [-0.39, 0.29) is 5.91 Å². The standard InChI is InChI=1S/C22H30N2O3/c1-5-24(6-2)16-17-9-11-18(12-10-17)22(25)23-19-13-14-20(26-7-3)21(15-19)27-8-4/h9-15H,5-8,16H2,1-4H3,(H,23,25). The second-order valence-corrected chi connectivity index (χ2v) is 6.14. The zero-order valence-electron chi connectivity index (χ0n) is 16.7. The van der Waals surface area contributed by atoms with Crippen LogP contribution in [0.15, 0.2) is 42.5 Å². The smallest absolute Gasteiger partial charge is 0.255 e. The number of carbonyl (C=O) groups excluding carboxylic acids is 1. The van der Waals surface area contributed by atoms with Crippen LogP contribution in [0.3, 0.4) is 0 Å². The number of benzene rings is 2. The van der Waals surface area contributed by atoms with Gasteiger partial charge in [-0.15, -0.1) is 0 Å². The van der Waals surface area contributed by atoms with E-state index in [0.717, 1.165) is 19.6 Å². The number of hydrogen-bond donors (Lipinski definition) is 1. The molecule has 0 aliphatic rings. The van der Waals surface area contributed by atoms with E-state index in [1.165, 1.54) is 5.56 Å². The van der Waals surface area contributed by atoms with Crippen LogP contribution in [0.5, 0.6) is 11.5 Å². The zero-order chi connectivity index (χ0) is 19.6. The average molecular weight is 370 g/mol. The van der Waals surface area contributed by atoms with Gasteiger partial charge in [0, 0.05) is 23.9 Å². The van der Waals surface area contributed by atoms with Gasteiger partial charge in [-0.3, -0.25) is 9.69 Å². The van der Waals surface area contributed by atoms with E-state index in [1.54, 1.807) is 6.07 Å². The van der Waals surface area contributed by atoms with E-state index in [4.69, 9.17) is 9.47 Å². The van der Waals surface area contributed by atoms with Crippen LogP contribution in [-0.4, -0.2) is 37.1 Å². The van der Waals surface area contributed by atoms with Crippen molar-refractivity contribution in [3.63, 3.8) is 0 Å². The Morgan fingerprint density at radius 2 is 1.52 bits per heavy atom. The number of anilines is 1. The van der Waals surface area contributed by atoms with Gasteiger partial charge in [0.2, 0.25) is 0 Å². The number of amides is 1. The highest BCUT2D eigenvalue weighted by molar-refractivity contribution is 6.04. The minimum Gasteiger partial charge on any atom is -0.490 e. The molecule has 0 aliphatic carbocycles. The largest absolute Gasteiger partial charge is 0.490 e. The van der Waals surface area contributed by atoms with Gasteiger partial charge in [0.1, 0.15) is 0 Å². The molecular formula is C22H30N2O3. The molecule has 0 spiro atoms. The molecule has 0 radical (unpaired) electrons. The molecule has 0 aliphatic heterocycles. The van der Waals surface area contributed by atoms with Crippen LogP contribution in [0.2, 0.25) is 0 Å². The number of nitrogens with zero attached hydrogens (tertiary/aromatic N) is 1. The Morgan fingerprint density at radius 1 is 0.889 bits per heavy atom. The number of nitrogens with one attached hydrogen (secondary N) is 1. The third-order valence-corrected chi connectivity index (χ3v) is 4.32. The van der Waals surface area contributed by atoms with Crippen LogP contribution in [0.1, 0.15) is 43.6 Å². The molecule has 0 unspecified atom stereocenters. The summed E-state index contributed by atoms with van der Waals surface area (Å²) in [6.45, 7) is 12.2. The van der Waals surface area contributed by atoms with Crippen molar-refractivity contribution < 1.29 is 14.3 Å². The Bertz CT molecular complexity index is 725. The van der Waals surface area contributed by atoms with Crippen molar-refractivity contribution in [2.24, 2.45) is 0 Å². The third-order valence-electron chi connectivity index (χ3n) is 4.32. The second kappa shape index (κ2) is 10.6. The molecule has 1 N–H and O–H groups in total. The lowest BCUT2D eigenvalue weighted by atomic mass is 10.1. The van der Waals surface area contributed by atoms with Gasteiger partial charge < -0.3 is 14.8 Å². The first-order valence-electron chi connectivity index (χ1n) is 9.63. The van der Waals surface area contributed by atoms with Crippen molar-refractivity contribution in [3.05, 3.63) is 53.6 Å². The highest BCUT2D eigenvalue weighted by atomic mass is 16.5. The minimum absolute atomic E-state index is 0.143. The molecule has 27 heavy (non-hydrogen) atoms. The molecule has 0 bridgehead atoms. The predicted molar refractivity (Wildman–Crippen MR) is 110 cm³/mol. The number of rotatable bonds is 10. The van der Waals surface area contributed by atoms with Crippen molar-refractivity contribution in [1.82, 2.24) is 4.90 Å². The maximum Gasteiger partial charge on any atom is 0.255 e. The van der Waals surface area contributed by atoms with Crippen molar-refractivity contribution >= 4 is 11.6 Å². The van der Waals surface area contributed by atoms with Crippen LogP contribution in [-0.2, 0) is 6.54 Å². The molecule has 146 valence electrons. The van der Waals surface area contributed by atoms with E-state index in [1.807, 2.05) is 50.2 Å². The topological polar surface area (TPSA) is 50.8 Å². The van der Waals surface area contributed by atoms with Gasteiger partial charge in [-0.05, 0) is 56.8 Å². The Balaban J connectivity index is 2.07. The van der Waals surface area contributed by atoms with E-state index in [2.05, 4.69) is 24.1 Å². The van der Waals surface area contributed by atoms with E-state index in [9.17, 15) is 4.79 Å². The maximum absolute atomic E-state index is 12.5. The van der Waals surface area contributed by atoms with E-state index in [0.29, 0.717) is 36.0 Å². The van der Waals surface area contributed by atoms with Crippen molar-refractivity contribution in [1.29, 1.82) is 0 Å². The van der Waals surface area contributed by atoms with Gasteiger partial charge in [0.05, 0.1) is 13.2 Å². The van der Waals surface area contributed by atoms with E-state index < -0.39 is 0 Å². The van der Waals surface area contributed by atoms with Gasteiger partial charge in [-0.2, -0.15) is 0 Å². The highest BCUT2D eigenvalue weighted by Crippen LogP contribution is 2.30. The summed E-state index contributed by atoms with van der Waals surface area (Å²) < 4.78 is 11.2. The molecule has 2 rings (SSSR count). The van der Waals surface area contributed by atoms with Crippen LogP contribution >= 0.6 is 0 Å². The highest BCUT2D eigenvalue weighted by Gasteiger charge is 2.10. The van der Waals surface area contributed by atoms with Crippen molar-refractivity contribution in [3.8, 4) is 11.5 Å². The molecular weight excluding hydrogens is 340 g/mol. The molecule has 5 nitrogen and oxygen atoms in total. The van der Waals surface area contributed by atoms with Crippen LogP contribution in [0, 0.1) is 0 Å². The molecule has 0 fully saturated rings. The minimum atomic E-state index is -0.143. The summed E-state index contributed by atoms with van der Waals surface area (Å²) in [5, 5.41) is 2.92.